The van der Waals surface area contributed by atoms with E-state index in [1.807, 2.05) is 6.92 Å². The molecule has 1 aromatic rings. The fourth-order valence-electron chi connectivity index (χ4n) is 2.80. The monoisotopic (exact) mass is 310 g/mol. The molecule has 2 amide bonds. The Morgan fingerprint density at radius 3 is 2.76 bits per heavy atom. The molecule has 0 radical (unpaired) electrons. The van der Waals surface area contributed by atoms with Gasteiger partial charge < -0.3 is 15.3 Å². The number of amides is 2. The van der Waals surface area contributed by atoms with E-state index in [2.05, 4.69) is 25.2 Å². The minimum Gasteiger partial charge on any atom is -0.481 e. The molecule has 21 heavy (non-hydrogen) atoms. The molecular formula is C15H22N2O3S. The van der Waals surface area contributed by atoms with E-state index in [4.69, 9.17) is 5.11 Å². The summed E-state index contributed by atoms with van der Waals surface area (Å²) in [7, 11) is 0. The molecular weight excluding hydrogens is 288 g/mol. The van der Waals surface area contributed by atoms with Gasteiger partial charge >= 0.3 is 12.0 Å². The standard InChI is InChI=1S/C15H22N2O3S/c1-9-7-13(11(3)21-9)10(2)16-15(20)17-6-4-5-12(8-17)14(18)19/h7,10,12H,4-6,8H2,1-3H3,(H,16,20)(H,18,19)/t10?,12-/m0/s1. The highest BCUT2D eigenvalue weighted by atomic mass is 32.1. The number of aliphatic carboxylic acids is 1. The highest BCUT2D eigenvalue weighted by Crippen LogP contribution is 2.26. The number of carbonyl (C=O) groups is 2. The Bertz CT molecular complexity index is 541. The summed E-state index contributed by atoms with van der Waals surface area (Å²) in [6.45, 7) is 7.00. The number of thiophene rings is 1. The smallest absolute Gasteiger partial charge is 0.317 e. The lowest BCUT2D eigenvalue weighted by Crippen LogP contribution is -2.47. The Morgan fingerprint density at radius 2 is 2.19 bits per heavy atom. The highest BCUT2D eigenvalue weighted by Gasteiger charge is 2.28. The van der Waals surface area contributed by atoms with Crippen LogP contribution in [0.15, 0.2) is 6.07 Å². The number of piperidine rings is 1. The van der Waals surface area contributed by atoms with Crippen molar-refractivity contribution in [2.45, 2.75) is 39.7 Å². The molecule has 2 N–H and O–H groups in total. The first-order valence-electron chi connectivity index (χ1n) is 7.23. The molecule has 0 aliphatic carbocycles. The fraction of sp³-hybridized carbons (Fsp3) is 0.600. The second kappa shape index (κ2) is 6.47. The Kier molecular flexibility index (Phi) is 4.88. The van der Waals surface area contributed by atoms with Crippen molar-refractivity contribution in [2.24, 2.45) is 5.92 Å². The number of urea groups is 1. The van der Waals surface area contributed by atoms with E-state index in [1.165, 1.54) is 9.75 Å². The van der Waals surface area contributed by atoms with Crippen LogP contribution in [0.5, 0.6) is 0 Å². The molecule has 6 heteroatoms. The van der Waals surface area contributed by atoms with Gasteiger partial charge in [-0.05, 0) is 45.2 Å². The number of nitrogens with one attached hydrogen (secondary N) is 1. The zero-order chi connectivity index (χ0) is 15.6. The molecule has 1 saturated heterocycles. The van der Waals surface area contributed by atoms with Crippen molar-refractivity contribution in [3.8, 4) is 0 Å². The van der Waals surface area contributed by atoms with Crippen LogP contribution in [-0.2, 0) is 4.79 Å². The van der Waals surface area contributed by atoms with E-state index in [1.54, 1.807) is 16.2 Å². The van der Waals surface area contributed by atoms with Crippen LogP contribution in [0.2, 0.25) is 0 Å². The second-order valence-electron chi connectivity index (χ2n) is 5.66. The van der Waals surface area contributed by atoms with Gasteiger partial charge in [-0.1, -0.05) is 0 Å². The normalized spacial score (nSPS) is 20.1. The highest BCUT2D eigenvalue weighted by molar-refractivity contribution is 7.12. The predicted octanol–water partition coefficient (Wildman–Crippen LogP) is 2.93. The van der Waals surface area contributed by atoms with Crippen molar-refractivity contribution in [1.29, 1.82) is 0 Å². The molecule has 1 aromatic heterocycles. The van der Waals surface area contributed by atoms with Gasteiger partial charge in [0, 0.05) is 22.8 Å². The van der Waals surface area contributed by atoms with Crippen LogP contribution < -0.4 is 5.32 Å². The molecule has 2 atom stereocenters. The maximum Gasteiger partial charge on any atom is 0.317 e. The summed E-state index contributed by atoms with van der Waals surface area (Å²) in [6, 6.07) is 1.87. The van der Waals surface area contributed by atoms with Gasteiger partial charge in [0.25, 0.3) is 0 Å². The third kappa shape index (κ3) is 3.75. The summed E-state index contributed by atoms with van der Waals surface area (Å²) >= 11 is 1.72. The van der Waals surface area contributed by atoms with Gasteiger partial charge in [-0.15, -0.1) is 11.3 Å². The largest absolute Gasteiger partial charge is 0.481 e. The molecule has 5 nitrogen and oxygen atoms in total. The van der Waals surface area contributed by atoms with Crippen molar-refractivity contribution in [1.82, 2.24) is 10.2 Å². The number of likely N-dealkylation sites (tertiary alicyclic amines) is 1. The average molecular weight is 310 g/mol. The number of hydrogen-bond acceptors (Lipinski definition) is 3. The van der Waals surface area contributed by atoms with Crippen molar-refractivity contribution >= 4 is 23.3 Å². The van der Waals surface area contributed by atoms with E-state index < -0.39 is 11.9 Å². The second-order valence-corrected chi connectivity index (χ2v) is 7.12. The minimum atomic E-state index is -0.815. The SMILES string of the molecule is Cc1cc(C(C)NC(=O)N2CCC[C@H](C(=O)O)C2)c(C)s1. The summed E-state index contributed by atoms with van der Waals surface area (Å²) in [4.78, 5) is 27.4. The molecule has 0 spiro atoms. The molecule has 0 bridgehead atoms. The van der Waals surface area contributed by atoms with Crippen molar-refractivity contribution in [3.05, 3.63) is 21.4 Å². The third-order valence-corrected chi connectivity index (χ3v) is 4.93. The van der Waals surface area contributed by atoms with Gasteiger partial charge in [0.15, 0.2) is 0 Å². The first-order chi connectivity index (χ1) is 9.88. The van der Waals surface area contributed by atoms with Crippen molar-refractivity contribution < 1.29 is 14.7 Å². The summed E-state index contributed by atoms with van der Waals surface area (Å²) in [5.41, 5.74) is 1.14. The van der Waals surface area contributed by atoms with Gasteiger partial charge in [-0.2, -0.15) is 0 Å². The van der Waals surface area contributed by atoms with Crippen LogP contribution in [0.1, 0.15) is 41.1 Å². The number of aryl methyl sites for hydroxylation is 2. The fourth-order valence-corrected chi connectivity index (χ4v) is 3.82. The predicted molar refractivity (Wildman–Crippen MR) is 82.7 cm³/mol. The molecule has 1 unspecified atom stereocenters. The van der Waals surface area contributed by atoms with Gasteiger partial charge in [-0.3, -0.25) is 4.79 Å². The summed E-state index contributed by atoms with van der Waals surface area (Å²) in [6.07, 6.45) is 1.40. The molecule has 1 fully saturated rings. The van der Waals surface area contributed by atoms with Gasteiger partial charge in [-0.25, -0.2) is 4.79 Å². The van der Waals surface area contributed by atoms with Crippen LogP contribution in [0.25, 0.3) is 0 Å². The number of hydrogen-bond donors (Lipinski definition) is 2. The lowest BCUT2D eigenvalue weighted by Gasteiger charge is -2.31. The molecule has 2 rings (SSSR count). The Labute approximate surface area is 129 Å². The van der Waals surface area contributed by atoms with E-state index in [0.29, 0.717) is 19.5 Å². The first-order valence-corrected chi connectivity index (χ1v) is 8.05. The Hall–Kier alpha value is -1.56. The van der Waals surface area contributed by atoms with Gasteiger partial charge in [0.05, 0.1) is 12.0 Å². The van der Waals surface area contributed by atoms with Crippen molar-refractivity contribution in [2.75, 3.05) is 13.1 Å². The van der Waals surface area contributed by atoms with Gasteiger partial charge in [0.1, 0.15) is 0 Å². The Balaban J connectivity index is 1.97. The van der Waals surface area contributed by atoms with Crippen LogP contribution in [0.3, 0.4) is 0 Å². The zero-order valence-electron chi connectivity index (χ0n) is 12.7. The van der Waals surface area contributed by atoms with Crippen LogP contribution in [0, 0.1) is 19.8 Å². The zero-order valence-corrected chi connectivity index (χ0v) is 13.5. The van der Waals surface area contributed by atoms with Crippen LogP contribution in [0.4, 0.5) is 4.79 Å². The molecule has 0 saturated carbocycles. The molecule has 1 aliphatic rings. The average Bonchev–Trinajstić information content (AvgIpc) is 2.77. The van der Waals surface area contributed by atoms with Crippen molar-refractivity contribution in [3.63, 3.8) is 0 Å². The number of nitrogens with zero attached hydrogens (tertiary/aromatic N) is 1. The maximum atomic E-state index is 12.3. The quantitative estimate of drug-likeness (QED) is 0.902. The maximum absolute atomic E-state index is 12.3. The third-order valence-electron chi connectivity index (χ3n) is 3.94. The van der Waals surface area contributed by atoms with E-state index in [0.717, 1.165) is 12.0 Å². The topological polar surface area (TPSA) is 69.6 Å². The van der Waals surface area contributed by atoms with Crippen LogP contribution in [-0.4, -0.2) is 35.1 Å². The number of carboxylic acid groups (broad SMARTS) is 1. The molecule has 116 valence electrons. The molecule has 0 aromatic carbocycles. The van der Waals surface area contributed by atoms with Crippen LogP contribution >= 0.6 is 11.3 Å². The van der Waals surface area contributed by atoms with Gasteiger partial charge in [0.2, 0.25) is 0 Å². The lowest BCUT2D eigenvalue weighted by atomic mass is 9.98. The minimum absolute atomic E-state index is 0.0624. The number of rotatable bonds is 3. The lowest BCUT2D eigenvalue weighted by molar-refractivity contribution is -0.143. The van der Waals surface area contributed by atoms with E-state index in [-0.39, 0.29) is 12.1 Å². The Morgan fingerprint density at radius 1 is 1.48 bits per heavy atom. The number of carboxylic acids is 1. The number of carbonyl (C=O) groups excluding carboxylic acids is 1. The van der Waals surface area contributed by atoms with E-state index >= 15 is 0 Å². The molecule has 2 heterocycles. The van der Waals surface area contributed by atoms with E-state index in [9.17, 15) is 9.59 Å². The summed E-state index contributed by atoms with van der Waals surface area (Å²) in [5.74, 6) is -1.25. The molecule has 1 aliphatic heterocycles. The summed E-state index contributed by atoms with van der Waals surface area (Å²) in [5, 5.41) is 12.1. The first kappa shape index (κ1) is 15.8. The summed E-state index contributed by atoms with van der Waals surface area (Å²) < 4.78 is 0.